The predicted molar refractivity (Wildman–Crippen MR) is 133 cm³/mol. The molecule has 2 bridgehead atoms. The fourth-order valence-corrected chi connectivity index (χ4v) is 6.37. The Bertz CT molecular complexity index is 1130. The zero-order valence-corrected chi connectivity index (χ0v) is 20.6. The lowest BCUT2D eigenvalue weighted by atomic mass is 9.99. The number of fused-ring (bicyclic) bond motifs is 3. The molecule has 0 saturated carbocycles. The van der Waals surface area contributed by atoms with Gasteiger partial charge >= 0.3 is 0 Å². The van der Waals surface area contributed by atoms with Crippen LogP contribution in [0.2, 0.25) is 5.02 Å². The summed E-state index contributed by atoms with van der Waals surface area (Å²) < 4.78 is 9.56. The van der Waals surface area contributed by atoms with E-state index in [1.807, 2.05) is 48.7 Å². The van der Waals surface area contributed by atoms with Gasteiger partial charge in [0.25, 0.3) is 0 Å². The van der Waals surface area contributed by atoms with Crippen LogP contribution in [0, 0.1) is 0 Å². The molecule has 6 heteroatoms. The molecule has 0 radical (unpaired) electrons. The Kier molecular flexibility index (Phi) is 6.33. The second-order valence-corrected chi connectivity index (χ2v) is 10.3. The number of benzene rings is 2. The van der Waals surface area contributed by atoms with Crippen molar-refractivity contribution in [1.82, 2.24) is 9.47 Å². The van der Waals surface area contributed by atoms with Gasteiger partial charge in [-0.05, 0) is 73.2 Å². The minimum Gasteiger partial charge on any atom is -0.489 e. The number of piperidine rings is 1. The highest BCUT2D eigenvalue weighted by Crippen LogP contribution is 2.38. The molecule has 32 heavy (non-hydrogen) atoms. The molecule has 5 rings (SSSR count). The Balaban J connectivity index is 1.23. The van der Waals surface area contributed by atoms with E-state index in [0.717, 1.165) is 59.0 Å². The van der Waals surface area contributed by atoms with Crippen LogP contribution in [0.5, 0.6) is 5.75 Å². The van der Waals surface area contributed by atoms with E-state index in [1.54, 1.807) is 6.92 Å². The average molecular weight is 516 g/mol. The van der Waals surface area contributed by atoms with Gasteiger partial charge < -0.3 is 9.30 Å². The van der Waals surface area contributed by atoms with E-state index >= 15 is 0 Å². The molecule has 0 N–H and O–H groups in total. The highest BCUT2D eigenvalue weighted by atomic mass is 79.9. The number of para-hydroxylation sites is 2. The van der Waals surface area contributed by atoms with Crippen LogP contribution in [0.3, 0.4) is 0 Å². The Morgan fingerprint density at radius 2 is 1.84 bits per heavy atom. The van der Waals surface area contributed by atoms with Gasteiger partial charge in [-0.15, -0.1) is 0 Å². The van der Waals surface area contributed by atoms with Crippen LogP contribution in [0.1, 0.15) is 49.4 Å². The number of ketones is 1. The summed E-state index contributed by atoms with van der Waals surface area (Å²) in [5.41, 5.74) is 1.92. The van der Waals surface area contributed by atoms with Gasteiger partial charge in [0, 0.05) is 46.8 Å². The van der Waals surface area contributed by atoms with Crippen molar-refractivity contribution in [3.8, 4) is 5.75 Å². The lowest BCUT2D eigenvalue weighted by Gasteiger charge is -2.39. The number of rotatable bonds is 7. The monoisotopic (exact) mass is 514 g/mol. The number of carbonyl (C=O) groups excluding carboxylic acids is 1. The van der Waals surface area contributed by atoms with Crippen molar-refractivity contribution in [1.29, 1.82) is 0 Å². The summed E-state index contributed by atoms with van der Waals surface area (Å²) >= 11 is 9.98. The molecular formula is C26H28BrClN2O2. The quantitative estimate of drug-likeness (QED) is 0.327. The Hall–Kier alpha value is -1.82. The molecule has 1 aromatic heterocycles. The molecule has 0 amide bonds. The van der Waals surface area contributed by atoms with Crippen LogP contribution in [0.25, 0.3) is 10.9 Å². The van der Waals surface area contributed by atoms with E-state index in [9.17, 15) is 4.79 Å². The van der Waals surface area contributed by atoms with Crippen molar-refractivity contribution in [3.05, 3.63) is 63.7 Å². The summed E-state index contributed by atoms with van der Waals surface area (Å²) in [5.74, 6) is 0.920. The van der Waals surface area contributed by atoms with Crippen molar-refractivity contribution in [2.45, 2.75) is 63.8 Å². The predicted octanol–water partition coefficient (Wildman–Crippen LogP) is 6.72. The number of Topliss-reactive ketones (excluding diaryl/α,β-unsaturated/α-hetero) is 1. The van der Waals surface area contributed by atoms with Gasteiger partial charge in [0.2, 0.25) is 0 Å². The summed E-state index contributed by atoms with van der Waals surface area (Å²) in [6, 6.07) is 15.0. The highest BCUT2D eigenvalue weighted by Gasteiger charge is 2.41. The summed E-state index contributed by atoms with van der Waals surface area (Å²) in [4.78, 5) is 14.8. The van der Waals surface area contributed by atoms with Crippen molar-refractivity contribution < 1.29 is 9.53 Å². The molecule has 2 unspecified atom stereocenters. The molecule has 4 nitrogen and oxygen atoms in total. The molecule has 2 atom stereocenters. The number of ether oxygens (including phenoxy) is 1. The number of aryl methyl sites for hydroxylation is 1. The number of hydrogen-bond acceptors (Lipinski definition) is 3. The lowest BCUT2D eigenvalue weighted by Crippen LogP contribution is -2.46. The van der Waals surface area contributed by atoms with E-state index in [1.165, 1.54) is 12.8 Å². The summed E-state index contributed by atoms with van der Waals surface area (Å²) in [6.07, 6.45) is 7.95. The van der Waals surface area contributed by atoms with Gasteiger partial charge in [-0.3, -0.25) is 9.69 Å². The Morgan fingerprint density at radius 3 is 2.56 bits per heavy atom. The molecule has 3 aromatic rings. The van der Waals surface area contributed by atoms with E-state index in [0.29, 0.717) is 17.1 Å². The van der Waals surface area contributed by atoms with Crippen molar-refractivity contribution in [2.24, 2.45) is 0 Å². The maximum Gasteiger partial charge on any atom is 0.161 e. The Labute approximate surface area is 202 Å². The summed E-state index contributed by atoms with van der Waals surface area (Å²) in [5, 5.41) is 1.72. The first-order valence-electron chi connectivity index (χ1n) is 11.5. The summed E-state index contributed by atoms with van der Waals surface area (Å²) in [6.45, 7) is 3.63. The topological polar surface area (TPSA) is 34.5 Å². The van der Waals surface area contributed by atoms with Crippen molar-refractivity contribution >= 4 is 44.2 Å². The highest BCUT2D eigenvalue weighted by molar-refractivity contribution is 9.10. The van der Waals surface area contributed by atoms with Gasteiger partial charge in [-0.25, -0.2) is 0 Å². The van der Waals surface area contributed by atoms with Gasteiger partial charge in [0.1, 0.15) is 11.9 Å². The minimum atomic E-state index is 0.116. The van der Waals surface area contributed by atoms with Crippen LogP contribution in [0.15, 0.2) is 53.1 Å². The van der Waals surface area contributed by atoms with Crippen LogP contribution in [0.4, 0.5) is 0 Å². The Morgan fingerprint density at radius 1 is 1.09 bits per heavy atom. The summed E-state index contributed by atoms with van der Waals surface area (Å²) in [7, 11) is 0. The SMILES string of the molecule is CC(=O)c1cn(CCCN2C3CCC2CC(Oc2ccccc2Cl)C3)c2c(Br)cccc12. The third-order valence-corrected chi connectivity index (χ3v) is 7.97. The first kappa shape index (κ1) is 22.0. The van der Waals surface area contributed by atoms with Gasteiger partial charge in [0.15, 0.2) is 5.78 Å². The molecule has 2 saturated heterocycles. The first-order chi connectivity index (χ1) is 15.5. The zero-order chi connectivity index (χ0) is 22.2. The van der Waals surface area contributed by atoms with Crippen LogP contribution in [-0.2, 0) is 6.54 Å². The standard InChI is InChI=1S/C26H28BrClN2O2/c1-17(31)22-16-29(26-21(22)6-4-7-23(26)27)12-5-13-30-18-10-11-19(30)15-20(14-18)32-25-9-3-2-8-24(25)28/h2-4,6-9,16,18-20H,5,10-15H2,1H3. The van der Waals surface area contributed by atoms with Gasteiger partial charge in [0.05, 0.1) is 10.5 Å². The van der Waals surface area contributed by atoms with Crippen LogP contribution < -0.4 is 4.74 Å². The molecule has 2 fully saturated rings. The van der Waals surface area contributed by atoms with Crippen molar-refractivity contribution in [2.75, 3.05) is 6.54 Å². The average Bonchev–Trinajstić information content (AvgIpc) is 3.25. The molecular weight excluding hydrogens is 488 g/mol. The number of halogens is 2. The third kappa shape index (κ3) is 4.23. The normalized spacial score (nSPS) is 23.0. The minimum absolute atomic E-state index is 0.116. The third-order valence-electron chi connectivity index (χ3n) is 7.02. The van der Waals surface area contributed by atoms with E-state index < -0.39 is 0 Å². The van der Waals surface area contributed by atoms with E-state index in [2.05, 4.69) is 25.4 Å². The maximum atomic E-state index is 12.1. The van der Waals surface area contributed by atoms with Gasteiger partial charge in [-0.1, -0.05) is 35.9 Å². The smallest absolute Gasteiger partial charge is 0.161 e. The number of carbonyl (C=O) groups is 1. The fourth-order valence-electron chi connectivity index (χ4n) is 5.60. The van der Waals surface area contributed by atoms with Crippen LogP contribution >= 0.6 is 27.5 Å². The largest absolute Gasteiger partial charge is 0.489 e. The lowest BCUT2D eigenvalue weighted by molar-refractivity contribution is 0.0482. The van der Waals surface area contributed by atoms with Gasteiger partial charge in [-0.2, -0.15) is 0 Å². The van der Waals surface area contributed by atoms with E-state index in [-0.39, 0.29) is 11.9 Å². The number of aromatic nitrogens is 1. The molecule has 2 aliphatic heterocycles. The second-order valence-electron chi connectivity index (χ2n) is 9.05. The maximum absolute atomic E-state index is 12.1. The first-order valence-corrected chi connectivity index (χ1v) is 12.6. The molecule has 2 aromatic carbocycles. The van der Waals surface area contributed by atoms with E-state index in [4.69, 9.17) is 16.3 Å². The van der Waals surface area contributed by atoms with Crippen molar-refractivity contribution in [3.63, 3.8) is 0 Å². The fraction of sp³-hybridized carbons (Fsp3) is 0.423. The molecule has 168 valence electrons. The zero-order valence-electron chi connectivity index (χ0n) is 18.3. The molecule has 2 aliphatic rings. The number of nitrogens with zero attached hydrogens (tertiary/aromatic N) is 2. The molecule has 0 spiro atoms. The molecule has 0 aliphatic carbocycles. The number of hydrogen-bond donors (Lipinski definition) is 0. The molecule has 3 heterocycles. The van der Waals surface area contributed by atoms with Crippen LogP contribution in [-0.4, -0.2) is 40.0 Å². The second kappa shape index (κ2) is 9.20.